The van der Waals surface area contributed by atoms with E-state index in [0.29, 0.717) is 11.3 Å². The van der Waals surface area contributed by atoms with E-state index in [1.165, 1.54) is 13.2 Å². The molecule has 29 heavy (non-hydrogen) atoms. The number of rotatable bonds is 7. The minimum absolute atomic E-state index is 0.168. The molecule has 0 saturated carbocycles. The molecule has 5 nitrogen and oxygen atoms in total. The Morgan fingerprint density at radius 2 is 1.76 bits per heavy atom. The van der Waals surface area contributed by atoms with Gasteiger partial charge in [-0.1, -0.05) is 58.3 Å². The second-order valence-electron chi connectivity index (χ2n) is 8.71. The van der Waals surface area contributed by atoms with E-state index in [0.717, 1.165) is 0 Å². The molecule has 0 spiro atoms. The highest BCUT2D eigenvalue weighted by atomic mass is 35.5. The number of oxime groups is 1. The molecular weight excluding hydrogens is 413 g/mol. The third kappa shape index (κ3) is 4.31. The Morgan fingerprint density at radius 3 is 2.24 bits per heavy atom. The molecule has 0 N–H and O–H groups in total. The molecule has 1 aromatic carbocycles. The van der Waals surface area contributed by atoms with E-state index in [1.54, 1.807) is 13.0 Å². The number of benzene rings is 1. The monoisotopic (exact) mass is 443 g/mol. The SMILES string of the molecule is COC(=O)C1(C)CC(c2cc(O[Si](C(C)C)(C(C)C)C(C)C)c(F)cc2Cl)=NO1. The Kier molecular flexibility index (Phi) is 7.05. The van der Waals surface area contributed by atoms with Crippen LogP contribution in [0.4, 0.5) is 4.39 Å². The van der Waals surface area contributed by atoms with Crippen molar-refractivity contribution < 1.29 is 23.2 Å². The van der Waals surface area contributed by atoms with Crippen LogP contribution in [-0.2, 0) is 14.4 Å². The molecule has 162 valence electrons. The van der Waals surface area contributed by atoms with E-state index in [1.807, 2.05) is 0 Å². The summed E-state index contributed by atoms with van der Waals surface area (Å²) >= 11 is 6.31. The van der Waals surface area contributed by atoms with Crippen molar-refractivity contribution in [1.29, 1.82) is 0 Å². The van der Waals surface area contributed by atoms with Crippen molar-refractivity contribution in [2.75, 3.05) is 7.11 Å². The molecular formula is C21H31ClFNO4Si. The van der Waals surface area contributed by atoms with Crippen LogP contribution in [0, 0.1) is 5.82 Å². The zero-order valence-electron chi connectivity index (χ0n) is 18.4. The lowest BCUT2D eigenvalue weighted by Gasteiger charge is -2.42. The van der Waals surface area contributed by atoms with Crippen molar-refractivity contribution in [2.24, 2.45) is 5.16 Å². The summed E-state index contributed by atoms with van der Waals surface area (Å²) in [5.74, 6) is -0.869. The molecule has 0 radical (unpaired) electrons. The zero-order valence-corrected chi connectivity index (χ0v) is 20.2. The van der Waals surface area contributed by atoms with E-state index < -0.39 is 25.7 Å². The second kappa shape index (κ2) is 8.64. The van der Waals surface area contributed by atoms with Gasteiger partial charge < -0.3 is 14.0 Å². The summed E-state index contributed by atoms with van der Waals surface area (Å²) in [7, 11) is -1.07. The molecule has 0 bridgehead atoms. The van der Waals surface area contributed by atoms with Gasteiger partial charge in [-0.2, -0.15) is 0 Å². The van der Waals surface area contributed by atoms with Crippen molar-refractivity contribution in [1.82, 2.24) is 0 Å². The van der Waals surface area contributed by atoms with Gasteiger partial charge in [0.15, 0.2) is 5.82 Å². The molecule has 1 aliphatic heterocycles. The van der Waals surface area contributed by atoms with Crippen molar-refractivity contribution in [3.63, 3.8) is 0 Å². The third-order valence-corrected chi connectivity index (χ3v) is 12.1. The lowest BCUT2D eigenvalue weighted by atomic mass is 9.96. The Labute approximate surface area is 178 Å². The average molecular weight is 444 g/mol. The maximum absolute atomic E-state index is 14.8. The van der Waals surface area contributed by atoms with Crippen LogP contribution in [0.1, 0.15) is 60.5 Å². The average Bonchev–Trinajstić information content (AvgIpc) is 3.02. The maximum atomic E-state index is 14.8. The third-order valence-electron chi connectivity index (χ3n) is 5.81. The van der Waals surface area contributed by atoms with Gasteiger partial charge >= 0.3 is 5.97 Å². The second-order valence-corrected chi connectivity index (χ2v) is 14.5. The fourth-order valence-corrected chi connectivity index (χ4v) is 9.89. The maximum Gasteiger partial charge on any atom is 0.353 e. The van der Waals surface area contributed by atoms with Crippen LogP contribution in [-0.4, -0.2) is 32.7 Å². The van der Waals surface area contributed by atoms with E-state index in [9.17, 15) is 9.18 Å². The van der Waals surface area contributed by atoms with Gasteiger partial charge in [0, 0.05) is 12.0 Å². The van der Waals surface area contributed by atoms with Gasteiger partial charge in [0.1, 0.15) is 5.75 Å². The standard InChI is InChI=1S/C21H31ClFNO4Si/c1-12(2)29(13(3)4,14(5)6)27-19-9-15(16(22)10-17(19)23)18-11-21(7,28-24-18)20(25)26-8/h9-10,12-14H,11H2,1-8H3. The van der Waals surface area contributed by atoms with E-state index in [4.69, 9.17) is 25.6 Å². The minimum atomic E-state index is -2.36. The topological polar surface area (TPSA) is 57.1 Å². The van der Waals surface area contributed by atoms with Crippen LogP contribution in [0.2, 0.25) is 21.6 Å². The van der Waals surface area contributed by atoms with Crippen molar-refractivity contribution in [3.8, 4) is 5.75 Å². The Hall–Kier alpha value is -1.60. The summed E-state index contributed by atoms with van der Waals surface area (Å²) in [5.41, 5.74) is 0.589. The van der Waals surface area contributed by atoms with Gasteiger partial charge in [0.05, 0.1) is 17.8 Å². The Bertz CT molecular complexity index is 790. The molecule has 1 aliphatic rings. The number of esters is 1. The summed E-state index contributed by atoms with van der Waals surface area (Å²) < 4.78 is 26.1. The number of ether oxygens (including phenoxy) is 1. The summed E-state index contributed by atoms with van der Waals surface area (Å²) in [4.78, 5) is 17.3. The molecule has 8 heteroatoms. The van der Waals surface area contributed by atoms with Crippen LogP contribution >= 0.6 is 11.6 Å². The van der Waals surface area contributed by atoms with Gasteiger partial charge in [0.2, 0.25) is 5.60 Å². The highest BCUT2D eigenvalue weighted by Crippen LogP contribution is 2.44. The number of halogens is 2. The number of nitrogens with zero attached hydrogens (tertiary/aromatic N) is 1. The van der Waals surface area contributed by atoms with Gasteiger partial charge in [-0.15, -0.1) is 0 Å². The van der Waals surface area contributed by atoms with Gasteiger partial charge in [-0.25, -0.2) is 9.18 Å². The normalized spacial score (nSPS) is 19.6. The molecule has 0 fully saturated rings. The van der Waals surface area contributed by atoms with E-state index >= 15 is 0 Å². The van der Waals surface area contributed by atoms with Crippen molar-refractivity contribution in [2.45, 2.75) is 77.1 Å². The molecule has 0 amide bonds. The summed E-state index contributed by atoms with van der Waals surface area (Å²) in [6.07, 6.45) is 0.172. The number of hydrogen-bond acceptors (Lipinski definition) is 5. The first-order chi connectivity index (χ1) is 13.4. The molecule has 1 unspecified atom stereocenters. The highest BCUT2D eigenvalue weighted by molar-refractivity contribution is 6.78. The Morgan fingerprint density at radius 1 is 1.21 bits per heavy atom. The summed E-state index contributed by atoms with van der Waals surface area (Å²) in [5, 5.41) is 4.22. The first kappa shape index (κ1) is 23.7. The van der Waals surface area contributed by atoms with Crippen LogP contribution < -0.4 is 4.43 Å². The summed E-state index contributed by atoms with van der Waals surface area (Å²) in [6, 6.07) is 2.82. The number of methoxy groups -OCH3 is 1. The highest BCUT2D eigenvalue weighted by Gasteiger charge is 2.48. The van der Waals surface area contributed by atoms with Gasteiger partial charge in [-0.05, 0) is 35.7 Å². The predicted octanol–water partition coefficient (Wildman–Crippen LogP) is 6.09. The first-order valence-corrected chi connectivity index (χ1v) is 12.4. The first-order valence-electron chi connectivity index (χ1n) is 9.90. The van der Waals surface area contributed by atoms with Crippen molar-refractivity contribution >= 4 is 31.6 Å². The predicted molar refractivity (Wildman–Crippen MR) is 116 cm³/mol. The number of carbonyl (C=O) groups is 1. The molecule has 1 aromatic rings. The zero-order chi connectivity index (χ0) is 22.1. The van der Waals surface area contributed by atoms with E-state index in [-0.39, 0.29) is 33.8 Å². The number of hydrogen-bond donors (Lipinski definition) is 0. The largest absolute Gasteiger partial charge is 0.541 e. The van der Waals surface area contributed by atoms with Crippen LogP contribution in [0.3, 0.4) is 0 Å². The van der Waals surface area contributed by atoms with Crippen LogP contribution in [0.25, 0.3) is 0 Å². The molecule has 1 heterocycles. The lowest BCUT2D eigenvalue weighted by Crippen LogP contribution is -2.50. The molecule has 0 aromatic heterocycles. The summed E-state index contributed by atoms with van der Waals surface area (Å²) in [6.45, 7) is 14.4. The fourth-order valence-electron chi connectivity index (χ4n) is 4.38. The molecule has 0 saturated heterocycles. The molecule has 1 atom stereocenters. The quantitative estimate of drug-likeness (QED) is 0.378. The van der Waals surface area contributed by atoms with Gasteiger partial charge in [-0.3, -0.25) is 0 Å². The molecule has 2 rings (SSSR count). The van der Waals surface area contributed by atoms with Crippen LogP contribution in [0.15, 0.2) is 17.3 Å². The van der Waals surface area contributed by atoms with Crippen molar-refractivity contribution in [3.05, 3.63) is 28.5 Å². The van der Waals surface area contributed by atoms with E-state index in [2.05, 4.69) is 46.7 Å². The lowest BCUT2D eigenvalue weighted by molar-refractivity contribution is -0.164. The minimum Gasteiger partial charge on any atom is -0.541 e. The van der Waals surface area contributed by atoms with Gasteiger partial charge in [0.25, 0.3) is 8.32 Å². The van der Waals surface area contributed by atoms with Crippen LogP contribution in [0.5, 0.6) is 5.75 Å². The Balaban J connectivity index is 2.46. The molecule has 0 aliphatic carbocycles. The fraction of sp³-hybridized carbons (Fsp3) is 0.619. The number of carbonyl (C=O) groups excluding carboxylic acids is 1. The smallest absolute Gasteiger partial charge is 0.353 e.